The van der Waals surface area contributed by atoms with Gasteiger partial charge in [-0.1, -0.05) is 6.92 Å². The summed E-state index contributed by atoms with van der Waals surface area (Å²) in [5.74, 6) is -0.0949. The van der Waals surface area contributed by atoms with Crippen LogP contribution in [-0.2, 0) is 13.0 Å². The standard InChI is InChI=1S/C16H21N3OS/c1-4-11-7-8-21-15(11)10-18-16(20)12-5-6-14(19(2)3)13(17)9-12/h5-9H,4,10,17H2,1-3H3,(H,18,20). The molecular weight excluding hydrogens is 282 g/mol. The zero-order chi connectivity index (χ0) is 15.4. The third-order valence-electron chi connectivity index (χ3n) is 3.40. The molecule has 0 aliphatic heterocycles. The number of nitrogens with zero attached hydrogens (tertiary/aromatic N) is 1. The molecule has 1 aromatic carbocycles. The Morgan fingerprint density at radius 2 is 2.10 bits per heavy atom. The van der Waals surface area contributed by atoms with E-state index in [0.29, 0.717) is 17.8 Å². The molecule has 112 valence electrons. The minimum absolute atomic E-state index is 0.0949. The lowest BCUT2D eigenvalue weighted by molar-refractivity contribution is 0.0951. The molecule has 4 nitrogen and oxygen atoms in total. The highest BCUT2D eigenvalue weighted by Crippen LogP contribution is 2.22. The van der Waals surface area contributed by atoms with E-state index in [-0.39, 0.29) is 5.91 Å². The minimum atomic E-state index is -0.0949. The lowest BCUT2D eigenvalue weighted by atomic mass is 10.1. The fourth-order valence-corrected chi connectivity index (χ4v) is 3.12. The summed E-state index contributed by atoms with van der Waals surface area (Å²) in [6, 6.07) is 7.50. The van der Waals surface area contributed by atoms with Gasteiger partial charge in [0.1, 0.15) is 0 Å². The third kappa shape index (κ3) is 3.55. The maximum absolute atomic E-state index is 12.2. The minimum Gasteiger partial charge on any atom is -0.397 e. The van der Waals surface area contributed by atoms with E-state index in [4.69, 9.17) is 5.73 Å². The van der Waals surface area contributed by atoms with E-state index in [1.54, 1.807) is 23.5 Å². The van der Waals surface area contributed by atoms with Gasteiger partial charge in [-0.15, -0.1) is 11.3 Å². The summed E-state index contributed by atoms with van der Waals surface area (Å²) >= 11 is 1.67. The van der Waals surface area contributed by atoms with E-state index in [1.165, 1.54) is 10.4 Å². The van der Waals surface area contributed by atoms with Gasteiger partial charge >= 0.3 is 0 Å². The van der Waals surface area contributed by atoms with Crippen LogP contribution in [-0.4, -0.2) is 20.0 Å². The molecule has 0 fully saturated rings. The fourth-order valence-electron chi connectivity index (χ4n) is 2.20. The quantitative estimate of drug-likeness (QED) is 0.835. The molecule has 0 radical (unpaired) electrons. The number of aryl methyl sites for hydroxylation is 1. The largest absolute Gasteiger partial charge is 0.397 e. The number of thiophene rings is 1. The van der Waals surface area contributed by atoms with Crippen molar-refractivity contribution in [2.75, 3.05) is 24.7 Å². The summed E-state index contributed by atoms with van der Waals surface area (Å²) in [5.41, 5.74) is 9.39. The smallest absolute Gasteiger partial charge is 0.251 e. The van der Waals surface area contributed by atoms with Gasteiger partial charge in [0, 0.05) is 24.5 Å². The van der Waals surface area contributed by atoms with Crippen LogP contribution in [0.25, 0.3) is 0 Å². The van der Waals surface area contributed by atoms with Gasteiger partial charge in [0.15, 0.2) is 0 Å². The summed E-state index contributed by atoms with van der Waals surface area (Å²) in [6.45, 7) is 2.68. The SMILES string of the molecule is CCc1ccsc1CNC(=O)c1ccc(N(C)C)c(N)c1. The normalized spacial score (nSPS) is 10.4. The van der Waals surface area contributed by atoms with Crippen molar-refractivity contribution in [1.29, 1.82) is 0 Å². The molecule has 0 saturated carbocycles. The Kier molecular flexibility index (Phi) is 4.85. The Morgan fingerprint density at radius 1 is 1.33 bits per heavy atom. The van der Waals surface area contributed by atoms with Crippen LogP contribution in [0.4, 0.5) is 11.4 Å². The maximum atomic E-state index is 12.2. The van der Waals surface area contributed by atoms with E-state index < -0.39 is 0 Å². The van der Waals surface area contributed by atoms with E-state index in [2.05, 4.69) is 23.7 Å². The lowest BCUT2D eigenvalue weighted by Crippen LogP contribution is -2.23. The molecule has 2 aromatic rings. The topological polar surface area (TPSA) is 58.4 Å². The van der Waals surface area contributed by atoms with Crippen molar-refractivity contribution in [3.63, 3.8) is 0 Å². The van der Waals surface area contributed by atoms with Crippen molar-refractivity contribution in [1.82, 2.24) is 5.32 Å². The molecule has 1 heterocycles. The van der Waals surface area contributed by atoms with Crippen molar-refractivity contribution >= 4 is 28.6 Å². The van der Waals surface area contributed by atoms with Crippen LogP contribution < -0.4 is 16.0 Å². The summed E-state index contributed by atoms with van der Waals surface area (Å²) in [5, 5.41) is 5.01. The number of hydrogen-bond acceptors (Lipinski definition) is 4. The number of benzene rings is 1. The number of carbonyl (C=O) groups is 1. The number of nitrogens with two attached hydrogens (primary N) is 1. The molecule has 0 bridgehead atoms. The summed E-state index contributed by atoms with van der Waals surface area (Å²) < 4.78 is 0. The summed E-state index contributed by atoms with van der Waals surface area (Å²) in [6.07, 6.45) is 0.985. The molecule has 1 amide bonds. The Balaban J connectivity index is 2.05. The maximum Gasteiger partial charge on any atom is 0.251 e. The van der Waals surface area contributed by atoms with Gasteiger partial charge in [-0.3, -0.25) is 4.79 Å². The molecule has 0 atom stereocenters. The van der Waals surface area contributed by atoms with Gasteiger partial charge in [0.05, 0.1) is 17.9 Å². The number of nitrogen functional groups attached to an aromatic ring is 1. The Labute approximate surface area is 129 Å². The van der Waals surface area contributed by atoms with Gasteiger partial charge in [-0.2, -0.15) is 0 Å². The Hall–Kier alpha value is -2.01. The first-order valence-electron chi connectivity index (χ1n) is 6.93. The molecule has 0 saturated heterocycles. The number of amides is 1. The van der Waals surface area contributed by atoms with Gasteiger partial charge in [0.25, 0.3) is 5.91 Å². The second kappa shape index (κ2) is 6.63. The zero-order valence-corrected chi connectivity index (χ0v) is 13.5. The van der Waals surface area contributed by atoms with Crippen LogP contribution in [0.15, 0.2) is 29.6 Å². The molecule has 0 aliphatic rings. The molecule has 2 rings (SSSR count). The van der Waals surface area contributed by atoms with Gasteiger partial charge in [-0.05, 0) is 41.6 Å². The van der Waals surface area contributed by atoms with E-state index in [1.807, 2.05) is 25.1 Å². The number of anilines is 2. The highest BCUT2D eigenvalue weighted by molar-refractivity contribution is 7.10. The van der Waals surface area contributed by atoms with Crippen molar-refractivity contribution in [2.45, 2.75) is 19.9 Å². The average Bonchev–Trinajstić information content (AvgIpc) is 2.91. The van der Waals surface area contributed by atoms with Crippen LogP contribution in [0.2, 0.25) is 0 Å². The number of hydrogen-bond donors (Lipinski definition) is 2. The fraction of sp³-hybridized carbons (Fsp3) is 0.312. The van der Waals surface area contributed by atoms with Crippen molar-refractivity contribution in [3.8, 4) is 0 Å². The highest BCUT2D eigenvalue weighted by atomic mass is 32.1. The molecule has 5 heteroatoms. The van der Waals surface area contributed by atoms with Crippen LogP contribution >= 0.6 is 11.3 Å². The average molecular weight is 303 g/mol. The molecule has 21 heavy (non-hydrogen) atoms. The first kappa shape index (κ1) is 15.4. The van der Waals surface area contributed by atoms with Crippen molar-refractivity contribution in [3.05, 3.63) is 45.6 Å². The monoisotopic (exact) mass is 303 g/mol. The molecule has 0 unspecified atom stereocenters. The second-order valence-electron chi connectivity index (χ2n) is 5.07. The van der Waals surface area contributed by atoms with E-state index in [0.717, 1.165) is 12.1 Å². The van der Waals surface area contributed by atoms with E-state index >= 15 is 0 Å². The first-order chi connectivity index (χ1) is 10.0. The Morgan fingerprint density at radius 3 is 2.71 bits per heavy atom. The van der Waals surface area contributed by atoms with Crippen LogP contribution in [0.5, 0.6) is 0 Å². The van der Waals surface area contributed by atoms with Gasteiger partial charge in [0.2, 0.25) is 0 Å². The molecule has 1 aromatic heterocycles. The van der Waals surface area contributed by atoms with Gasteiger partial charge < -0.3 is 16.0 Å². The summed E-state index contributed by atoms with van der Waals surface area (Å²) in [7, 11) is 3.85. The van der Waals surface area contributed by atoms with Gasteiger partial charge in [-0.25, -0.2) is 0 Å². The molecule has 0 spiro atoms. The number of rotatable bonds is 5. The highest BCUT2D eigenvalue weighted by Gasteiger charge is 2.10. The molecule has 3 N–H and O–H groups in total. The first-order valence-corrected chi connectivity index (χ1v) is 7.81. The van der Waals surface area contributed by atoms with E-state index in [9.17, 15) is 4.79 Å². The summed E-state index contributed by atoms with van der Waals surface area (Å²) in [4.78, 5) is 15.3. The second-order valence-corrected chi connectivity index (χ2v) is 6.07. The zero-order valence-electron chi connectivity index (χ0n) is 12.6. The predicted octanol–water partition coefficient (Wildman–Crippen LogP) is 2.89. The predicted molar refractivity (Wildman–Crippen MR) is 90.0 cm³/mol. The number of carbonyl (C=O) groups excluding carboxylic acids is 1. The van der Waals surface area contributed by atoms with Crippen molar-refractivity contribution < 1.29 is 4.79 Å². The molecular formula is C16H21N3OS. The van der Waals surface area contributed by atoms with Crippen LogP contribution in [0, 0.1) is 0 Å². The van der Waals surface area contributed by atoms with Crippen molar-refractivity contribution in [2.24, 2.45) is 0 Å². The lowest BCUT2D eigenvalue weighted by Gasteiger charge is -2.16. The van der Waals surface area contributed by atoms with Crippen LogP contribution in [0.1, 0.15) is 27.7 Å². The number of nitrogens with one attached hydrogen (secondary N) is 1. The Bertz CT molecular complexity index is 634. The third-order valence-corrected chi connectivity index (χ3v) is 4.36. The molecule has 0 aliphatic carbocycles. The van der Waals surface area contributed by atoms with Crippen LogP contribution in [0.3, 0.4) is 0 Å².